The van der Waals surface area contributed by atoms with Crippen molar-refractivity contribution in [1.29, 1.82) is 0 Å². The number of amides is 1. The van der Waals surface area contributed by atoms with Gasteiger partial charge in [0.15, 0.2) is 0 Å². The van der Waals surface area contributed by atoms with E-state index in [9.17, 15) is 13.2 Å². The molecule has 1 aliphatic rings. The van der Waals surface area contributed by atoms with Gasteiger partial charge in [-0.25, -0.2) is 8.42 Å². The monoisotopic (exact) mass is 444 g/mol. The Bertz CT molecular complexity index is 1180. The number of rotatable bonds is 5. The van der Waals surface area contributed by atoms with Gasteiger partial charge in [-0.15, -0.1) is 0 Å². The fraction of sp³-hybridized carbons (Fsp3) is 0.238. The number of nitrogens with zero attached hydrogens (tertiary/aromatic N) is 2. The second-order valence-electron chi connectivity index (χ2n) is 7.22. The molecule has 4 rings (SSSR count). The van der Waals surface area contributed by atoms with Gasteiger partial charge in [-0.1, -0.05) is 54.1 Å². The van der Waals surface area contributed by atoms with Gasteiger partial charge in [0.05, 0.1) is 9.92 Å². The Balaban J connectivity index is 1.51. The largest absolute Gasteiger partial charge is 0.350 e. The summed E-state index contributed by atoms with van der Waals surface area (Å²) in [6.45, 7) is 0.474. The lowest BCUT2D eigenvalue weighted by molar-refractivity contribution is -0.123. The summed E-state index contributed by atoms with van der Waals surface area (Å²) in [5.74, 6) is -0.329. The van der Waals surface area contributed by atoms with E-state index in [-0.39, 0.29) is 28.4 Å². The minimum Gasteiger partial charge on any atom is -0.350 e. The number of carbonyl (C=O) groups is 1. The van der Waals surface area contributed by atoms with Gasteiger partial charge in [0, 0.05) is 42.3 Å². The Hall–Kier alpha value is -2.52. The molecule has 0 aliphatic carbocycles. The molecule has 7 nitrogen and oxygen atoms in total. The maximum Gasteiger partial charge on any atom is 0.243 e. The average molecular weight is 445 g/mol. The lowest BCUT2D eigenvalue weighted by atomic mass is 10.1. The number of hydrogen-bond acceptors (Lipinski definition) is 5. The van der Waals surface area contributed by atoms with Gasteiger partial charge in [-0.2, -0.15) is 4.31 Å². The van der Waals surface area contributed by atoms with E-state index in [1.54, 1.807) is 36.5 Å². The number of nitrogens with one attached hydrogen (secondary N) is 1. The maximum absolute atomic E-state index is 13.3. The zero-order valence-electron chi connectivity index (χ0n) is 16.0. The van der Waals surface area contributed by atoms with Crippen molar-refractivity contribution in [3.8, 4) is 0 Å². The van der Waals surface area contributed by atoms with Gasteiger partial charge in [0.1, 0.15) is 6.04 Å². The van der Waals surface area contributed by atoms with Crippen LogP contribution in [0.4, 0.5) is 0 Å². The summed E-state index contributed by atoms with van der Waals surface area (Å²) in [5, 5.41) is 4.26. The normalized spacial score (nSPS) is 18.4. The van der Waals surface area contributed by atoms with E-state index in [1.807, 2.05) is 18.2 Å². The maximum atomic E-state index is 13.3. The fourth-order valence-corrected chi connectivity index (χ4v) is 5.74. The molecule has 156 valence electrons. The summed E-state index contributed by atoms with van der Waals surface area (Å²) in [7, 11) is -3.79. The van der Waals surface area contributed by atoms with Crippen molar-refractivity contribution in [3.05, 3.63) is 71.5 Å². The van der Waals surface area contributed by atoms with Gasteiger partial charge in [-0.3, -0.25) is 9.78 Å². The molecule has 0 saturated carbocycles. The van der Waals surface area contributed by atoms with Crippen LogP contribution in [0.25, 0.3) is 10.8 Å². The van der Waals surface area contributed by atoms with E-state index < -0.39 is 16.1 Å². The first-order chi connectivity index (χ1) is 14.4. The van der Waals surface area contributed by atoms with Crippen LogP contribution >= 0.6 is 11.6 Å². The highest BCUT2D eigenvalue weighted by molar-refractivity contribution is 7.89. The highest BCUT2D eigenvalue weighted by atomic mass is 35.5. The van der Waals surface area contributed by atoms with Crippen molar-refractivity contribution >= 4 is 38.3 Å². The molecular formula is C21H21ClN4O3S. The summed E-state index contributed by atoms with van der Waals surface area (Å²) in [4.78, 5) is 16.7. The van der Waals surface area contributed by atoms with Crippen LogP contribution in [0.2, 0.25) is 5.02 Å². The van der Waals surface area contributed by atoms with Crippen molar-refractivity contribution in [2.75, 3.05) is 13.1 Å². The molecule has 2 atom stereocenters. The number of hydrogen-bond donors (Lipinski definition) is 2. The highest BCUT2D eigenvalue weighted by Gasteiger charge is 2.35. The summed E-state index contributed by atoms with van der Waals surface area (Å²) in [6.07, 6.45) is 3.52. The third-order valence-corrected chi connectivity index (χ3v) is 7.45. The van der Waals surface area contributed by atoms with Crippen LogP contribution in [0, 0.1) is 0 Å². The quantitative estimate of drug-likeness (QED) is 0.628. The van der Waals surface area contributed by atoms with Gasteiger partial charge in [-0.05, 0) is 18.1 Å². The van der Waals surface area contributed by atoms with Crippen LogP contribution in [0.3, 0.4) is 0 Å². The van der Waals surface area contributed by atoms with Gasteiger partial charge < -0.3 is 11.1 Å². The molecule has 1 unspecified atom stereocenters. The second kappa shape index (κ2) is 8.31. The molecule has 2 heterocycles. The van der Waals surface area contributed by atoms with Gasteiger partial charge in [0.2, 0.25) is 15.9 Å². The smallest absolute Gasteiger partial charge is 0.243 e. The van der Waals surface area contributed by atoms with E-state index in [4.69, 9.17) is 17.3 Å². The third-order valence-electron chi connectivity index (χ3n) is 5.26. The predicted octanol–water partition coefficient (Wildman–Crippen LogP) is 2.47. The number of nitrogens with two attached hydrogens (primary N) is 1. The van der Waals surface area contributed by atoms with Crippen molar-refractivity contribution in [1.82, 2.24) is 14.6 Å². The van der Waals surface area contributed by atoms with E-state index in [0.717, 1.165) is 0 Å². The van der Waals surface area contributed by atoms with Crippen molar-refractivity contribution in [2.24, 2.45) is 5.73 Å². The predicted molar refractivity (Wildman–Crippen MR) is 115 cm³/mol. The summed E-state index contributed by atoms with van der Waals surface area (Å²) in [6, 6.07) is 12.9. The molecule has 1 amide bonds. The topological polar surface area (TPSA) is 105 Å². The molecule has 1 aliphatic heterocycles. The first-order valence-electron chi connectivity index (χ1n) is 9.51. The molecule has 1 fully saturated rings. The number of carbonyl (C=O) groups excluding carboxylic acids is 1. The van der Waals surface area contributed by atoms with Gasteiger partial charge >= 0.3 is 0 Å². The minimum atomic E-state index is -3.79. The van der Waals surface area contributed by atoms with Crippen LogP contribution in [-0.2, 0) is 14.8 Å². The van der Waals surface area contributed by atoms with E-state index in [0.29, 0.717) is 29.3 Å². The van der Waals surface area contributed by atoms with E-state index in [2.05, 4.69) is 10.3 Å². The Kier molecular flexibility index (Phi) is 5.75. The molecule has 2 aromatic carbocycles. The van der Waals surface area contributed by atoms with Crippen molar-refractivity contribution in [2.45, 2.75) is 23.4 Å². The van der Waals surface area contributed by atoms with Crippen LogP contribution in [0.15, 0.2) is 65.8 Å². The number of pyridine rings is 1. The Labute approximate surface area is 179 Å². The zero-order chi connectivity index (χ0) is 21.3. The SMILES string of the molecule is NC(C(=O)N[C@@H]1CCN(S(=O)(=O)c2cccc3cncc(Cl)c23)C1)c1ccccc1. The first kappa shape index (κ1) is 20.7. The molecule has 1 aromatic heterocycles. The first-order valence-corrected chi connectivity index (χ1v) is 11.3. The second-order valence-corrected chi connectivity index (χ2v) is 9.53. The van der Waals surface area contributed by atoms with Crippen LogP contribution in [-0.4, -0.2) is 42.7 Å². The molecule has 3 aromatic rings. The molecule has 30 heavy (non-hydrogen) atoms. The van der Waals surface area contributed by atoms with Crippen molar-refractivity contribution in [3.63, 3.8) is 0 Å². The number of benzene rings is 2. The fourth-order valence-electron chi connectivity index (χ4n) is 3.68. The molecule has 0 radical (unpaired) electrons. The number of sulfonamides is 1. The Morgan fingerprint density at radius 1 is 1.17 bits per heavy atom. The van der Waals surface area contributed by atoms with E-state index >= 15 is 0 Å². The lowest BCUT2D eigenvalue weighted by Gasteiger charge is -2.20. The third kappa shape index (κ3) is 3.91. The number of aromatic nitrogens is 1. The van der Waals surface area contributed by atoms with E-state index in [1.165, 1.54) is 10.5 Å². The van der Waals surface area contributed by atoms with Crippen LogP contribution in [0.5, 0.6) is 0 Å². The molecule has 1 saturated heterocycles. The van der Waals surface area contributed by atoms with Crippen LogP contribution in [0.1, 0.15) is 18.0 Å². The molecular weight excluding hydrogens is 424 g/mol. The Morgan fingerprint density at radius 2 is 1.93 bits per heavy atom. The molecule has 0 bridgehead atoms. The lowest BCUT2D eigenvalue weighted by Crippen LogP contribution is -2.42. The summed E-state index contributed by atoms with van der Waals surface area (Å²) in [5.41, 5.74) is 6.75. The number of halogens is 1. The highest BCUT2D eigenvalue weighted by Crippen LogP contribution is 2.32. The minimum absolute atomic E-state index is 0.139. The molecule has 9 heteroatoms. The van der Waals surface area contributed by atoms with Crippen molar-refractivity contribution < 1.29 is 13.2 Å². The van der Waals surface area contributed by atoms with Crippen LogP contribution < -0.4 is 11.1 Å². The molecule has 3 N–H and O–H groups in total. The average Bonchev–Trinajstić information content (AvgIpc) is 3.23. The summed E-state index contributed by atoms with van der Waals surface area (Å²) >= 11 is 6.25. The number of fused-ring (bicyclic) bond motifs is 1. The standard InChI is InChI=1S/C21H21ClN4O3S/c22-17-12-24-11-15-7-4-8-18(19(15)17)30(28,29)26-10-9-16(13-26)25-21(27)20(23)14-5-2-1-3-6-14/h1-8,11-12,16,20H,9-10,13,23H2,(H,25,27)/t16-,20?/m1/s1. The van der Waals surface area contributed by atoms with Gasteiger partial charge in [0.25, 0.3) is 0 Å². The Morgan fingerprint density at radius 3 is 2.70 bits per heavy atom. The summed E-state index contributed by atoms with van der Waals surface area (Å²) < 4.78 is 28.0. The molecule has 0 spiro atoms. The zero-order valence-corrected chi connectivity index (χ0v) is 17.6.